The van der Waals surface area contributed by atoms with Crippen molar-refractivity contribution in [2.75, 3.05) is 13.7 Å². The maximum Gasteiger partial charge on any atom is 0.416 e. The lowest BCUT2D eigenvalue weighted by Crippen LogP contribution is -2.41. The number of hydrogen-bond acceptors (Lipinski definition) is 4. The average Bonchev–Trinajstić information content (AvgIpc) is 2.75. The van der Waals surface area contributed by atoms with Crippen molar-refractivity contribution < 1.29 is 32.3 Å². The summed E-state index contributed by atoms with van der Waals surface area (Å²) in [6.45, 7) is 1.10. The first kappa shape index (κ1) is 17.8. The normalized spacial score (nSPS) is 21.0. The Hall–Kier alpha value is -2.58. The fourth-order valence-corrected chi connectivity index (χ4v) is 2.41. The van der Waals surface area contributed by atoms with Gasteiger partial charge in [0.2, 0.25) is 0 Å². The van der Waals surface area contributed by atoms with Gasteiger partial charge in [-0.25, -0.2) is 4.79 Å². The zero-order chi connectivity index (χ0) is 18.1. The third-order valence-corrected chi connectivity index (χ3v) is 3.81. The number of amides is 3. The molecule has 0 spiro atoms. The largest absolute Gasteiger partial charge is 0.469 e. The van der Waals surface area contributed by atoms with Crippen molar-refractivity contribution in [2.24, 2.45) is 0 Å². The number of methoxy groups -OCH3 is 1. The number of nitrogens with one attached hydrogen (secondary N) is 1. The molecule has 6 nitrogen and oxygen atoms in total. The number of alkyl halides is 3. The van der Waals surface area contributed by atoms with Crippen LogP contribution in [-0.2, 0) is 26.0 Å². The highest BCUT2D eigenvalue weighted by atomic mass is 19.4. The molecule has 1 atom stereocenters. The van der Waals surface area contributed by atoms with Gasteiger partial charge in [-0.3, -0.25) is 14.5 Å². The van der Waals surface area contributed by atoms with Gasteiger partial charge >= 0.3 is 18.2 Å². The molecule has 9 heteroatoms. The van der Waals surface area contributed by atoms with E-state index in [-0.39, 0.29) is 18.5 Å². The summed E-state index contributed by atoms with van der Waals surface area (Å²) in [5.74, 6) is -1.33. The molecule has 0 unspecified atom stereocenters. The Labute approximate surface area is 135 Å². The number of ether oxygens (including phenoxy) is 1. The summed E-state index contributed by atoms with van der Waals surface area (Å²) < 4.78 is 43.0. The molecule has 1 aromatic carbocycles. The van der Waals surface area contributed by atoms with E-state index in [2.05, 4.69) is 10.1 Å². The van der Waals surface area contributed by atoms with Crippen LogP contribution in [0.3, 0.4) is 0 Å². The molecule has 1 aliphatic rings. The van der Waals surface area contributed by atoms with E-state index in [1.54, 1.807) is 0 Å². The van der Waals surface area contributed by atoms with Crippen molar-refractivity contribution in [3.05, 3.63) is 35.4 Å². The number of nitrogens with zero attached hydrogens (tertiary/aromatic N) is 1. The fourth-order valence-electron chi connectivity index (χ4n) is 2.41. The number of urea groups is 1. The van der Waals surface area contributed by atoms with Gasteiger partial charge in [-0.05, 0) is 24.6 Å². The number of rotatable bonds is 4. The number of carbonyl (C=O) groups is 3. The van der Waals surface area contributed by atoms with Crippen LogP contribution in [0.2, 0.25) is 0 Å². The molecule has 130 valence electrons. The van der Waals surface area contributed by atoms with Crippen molar-refractivity contribution in [1.29, 1.82) is 0 Å². The number of halogens is 3. The van der Waals surface area contributed by atoms with Crippen LogP contribution in [0.4, 0.5) is 18.0 Å². The SMILES string of the molecule is COC(=O)CCN1C(=O)N[C@@](C)(c2cccc(C(F)(F)F)c2)C1=O. The van der Waals surface area contributed by atoms with Gasteiger partial charge in [0.05, 0.1) is 19.1 Å². The van der Waals surface area contributed by atoms with Crippen LogP contribution >= 0.6 is 0 Å². The smallest absolute Gasteiger partial charge is 0.416 e. The van der Waals surface area contributed by atoms with Crippen molar-refractivity contribution in [2.45, 2.75) is 25.1 Å². The van der Waals surface area contributed by atoms with Gasteiger partial charge in [0.25, 0.3) is 5.91 Å². The number of carbonyl (C=O) groups excluding carboxylic acids is 3. The van der Waals surface area contributed by atoms with Crippen molar-refractivity contribution in [3.8, 4) is 0 Å². The van der Waals surface area contributed by atoms with Gasteiger partial charge in [-0.15, -0.1) is 0 Å². The van der Waals surface area contributed by atoms with E-state index in [0.717, 1.165) is 17.0 Å². The molecule has 2 rings (SSSR count). The Morgan fingerprint density at radius 2 is 2.00 bits per heavy atom. The predicted octanol–water partition coefficient (Wildman–Crippen LogP) is 2.04. The van der Waals surface area contributed by atoms with Crippen LogP contribution in [0, 0.1) is 0 Å². The van der Waals surface area contributed by atoms with Crippen LogP contribution in [-0.4, -0.2) is 36.5 Å². The molecular weight excluding hydrogens is 329 g/mol. The highest BCUT2D eigenvalue weighted by Crippen LogP contribution is 2.34. The van der Waals surface area contributed by atoms with Crippen molar-refractivity contribution in [1.82, 2.24) is 10.2 Å². The third-order valence-electron chi connectivity index (χ3n) is 3.81. The van der Waals surface area contributed by atoms with E-state index >= 15 is 0 Å². The topological polar surface area (TPSA) is 75.7 Å². The Morgan fingerprint density at radius 3 is 2.58 bits per heavy atom. The molecule has 0 radical (unpaired) electrons. The van der Waals surface area contributed by atoms with Gasteiger partial charge in [0.15, 0.2) is 0 Å². The fraction of sp³-hybridized carbons (Fsp3) is 0.400. The van der Waals surface area contributed by atoms with Crippen LogP contribution in [0.5, 0.6) is 0 Å². The summed E-state index contributed by atoms with van der Waals surface area (Å²) in [7, 11) is 1.17. The molecule has 0 aromatic heterocycles. The standard InChI is InChI=1S/C15H15F3N2O4/c1-14(9-4-3-5-10(8-9)15(16,17)18)12(22)20(13(23)19-14)7-6-11(21)24-2/h3-5,8H,6-7H2,1-2H3,(H,19,23)/t14-/m0/s1. The van der Waals surface area contributed by atoms with Gasteiger partial charge in [0.1, 0.15) is 5.54 Å². The third kappa shape index (κ3) is 3.19. The maximum atomic E-state index is 12.8. The summed E-state index contributed by atoms with van der Waals surface area (Å²) in [5, 5.41) is 2.38. The van der Waals surface area contributed by atoms with Gasteiger partial charge in [-0.2, -0.15) is 13.2 Å². The minimum absolute atomic E-state index is 0.0104. The molecule has 1 saturated heterocycles. The summed E-state index contributed by atoms with van der Waals surface area (Å²) in [4.78, 5) is 36.4. The summed E-state index contributed by atoms with van der Waals surface area (Å²) >= 11 is 0. The molecule has 24 heavy (non-hydrogen) atoms. The molecule has 1 aromatic rings. The number of hydrogen-bond donors (Lipinski definition) is 1. The first-order valence-corrected chi connectivity index (χ1v) is 6.98. The minimum Gasteiger partial charge on any atom is -0.469 e. The quantitative estimate of drug-likeness (QED) is 0.670. The first-order valence-electron chi connectivity index (χ1n) is 6.98. The van der Waals surface area contributed by atoms with Crippen molar-refractivity contribution in [3.63, 3.8) is 0 Å². The minimum atomic E-state index is -4.57. The maximum absolute atomic E-state index is 12.8. The second-order valence-corrected chi connectivity index (χ2v) is 5.42. The molecule has 1 heterocycles. The summed E-state index contributed by atoms with van der Waals surface area (Å²) in [6, 6.07) is 3.42. The van der Waals surface area contributed by atoms with Crippen molar-refractivity contribution >= 4 is 17.9 Å². The van der Waals surface area contributed by atoms with Crippen LogP contribution in [0.15, 0.2) is 24.3 Å². The second-order valence-electron chi connectivity index (χ2n) is 5.42. The number of esters is 1. The monoisotopic (exact) mass is 344 g/mol. The lowest BCUT2D eigenvalue weighted by atomic mass is 9.90. The van der Waals surface area contributed by atoms with Crippen LogP contribution in [0.1, 0.15) is 24.5 Å². The zero-order valence-electron chi connectivity index (χ0n) is 12.9. The first-order chi connectivity index (χ1) is 11.1. The van der Waals surface area contributed by atoms with Crippen LogP contribution in [0.25, 0.3) is 0 Å². The lowest BCUT2D eigenvalue weighted by Gasteiger charge is -2.23. The van der Waals surface area contributed by atoms with Gasteiger partial charge in [0, 0.05) is 6.54 Å². The molecule has 0 bridgehead atoms. The van der Waals surface area contributed by atoms with Crippen LogP contribution < -0.4 is 5.32 Å². The van der Waals surface area contributed by atoms with E-state index in [1.807, 2.05) is 0 Å². The molecule has 1 aliphatic heterocycles. The van der Waals surface area contributed by atoms with Gasteiger partial charge in [-0.1, -0.05) is 12.1 Å². The molecule has 0 saturated carbocycles. The molecule has 1 fully saturated rings. The second kappa shape index (κ2) is 6.14. The van der Waals surface area contributed by atoms with Gasteiger partial charge < -0.3 is 10.1 Å². The van der Waals surface area contributed by atoms with E-state index in [1.165, 1.54) is 26.2 Å². The highest BCUT2D eigenvalue weighted by molar-refractivity contribution is 6.07. The summed E-state index contributed by atoms with van der Waals surface area (Å²) in [6.07, 6.45) is -4.77. The van der Waals surface area contributed by atoms with E-state index in [0.29, 0.717) is 0 Å². The Bertz CT molecular complexity index is 690. The van der Waals surface area contributed by atoms with E-state index in [4.69, 9.17) is 0 Å². The number of benzene rings is 1. The average molecular weight is 344 g/mol. The Morgan fingerprint density at radius 1 is 1.33 bits per heavy atom. The Kier molecular flexibility index (Phi) is 4.54. The lowest BCUT2D eigenvalue weighted by molar-refractivity contribution is -0.141. The molecule has 3 amide bonds. The van der Waals surface area contributed by atoms with E-state index < -0.39 is 35.2 Å². The molecular formula is C15H15F3N2O4. The van der Waals surface area contributed by atoms with E-state index in [9.17, 15) is 27.6 Å². The zero-order valence-corrected chi connectivity index (χ0v) is 12.9. The summed E-state index contributed by atoms with van der Waals surface area (Å²) in [5.41, 5.74) is -2.54. The Balaban J connectivity index is 2.29. The highest BCUT2D eigenvalue weighted by Gasteiger charge is 2.49. The number of imide groups is 1. The molecule has 0 aliphatic carbocycles. The molecule has 1 N–H and O–H groups in total. The predicted molar refractivity (Wildman–Crippen MR) is 75.7 cm³/mol.